The molecular weight excluding hydrogens is 296 g/mol. The highest BCUT2D eigenvalue weighted by Crippen LogP contribution is 2.48. The molecule has 1 aromatic rings. The van der Waals surface area contributed by atoms with Crippen molar-refractivity contribution in [2.45, 2.75) is 25.3 Å². The molecule has 4 unspecified atom stereocenters. The average molecular weight is 320 g/mol. The van der Waals surface area contributed by atoms with Gasteiger partial charge in [-0.05, 0) is 31.1 Å². The van der Waals surface area contributed by atoms with Gasteiger partial charge in [0, 0.05) is 23.9 Å². The molecule has 0 radical (unpaired) electrons. The summed E-state index contributed by atoms with van der Waals surface area (Å²) in [4.78, 5) is 12.7. The lowest BCUT2D eigenvalue weighted by Crippen LogP contribution is -2.42. The second-order valence-corrected chi connectivity index (χ2v) is 6.34. The molecule has 1 aromatic carbocycles. The average Bonchev–Trinajstić information content (AvgIpc) is 3.14. The minimum atomic E-state index is -0.104. The molecule has 6 heteroatoms. The Labute approximate surface area is 136 Å². The van der Waals surface area contributed by atoms with E-state index < -0.39 is 0 Å². The second-order valence-electron chi connectivity index (χ2n) is 6.34. The van der Waals surface area contributed by atoms with Gasteiger partial charge in [0.15, 0.2) is 11.5 Å². The summed E-state index contributed by atoms with van der Waals surface area (Å²) >= 11 is 0. The van der Waals surface area contributed by atoms with Gasteiger partial charge in [-0.3, -0.25) is 4.79 Å². The minimum absolute atomic E-state index is 0.0148. The molecule has 23 heavy (non-hydrogen) atoms. The number of ether oxygens (including phenoxy) is 3. The fourth-order valence-corrected chi connectivity index (χ4v) is 4.10. The summed E-state index contributed by atoms with van der Waals surface area (Å²) in [5.41, 5.74) is 6.87. The highest BCUT2D eigenvalue weighted by molar-refractivity contribution is 5.94. The molecular formula is C17H24N2O4. The Hall–Kier alpha value is -1.95. The van der Waals surface area contributed by atoms with E-state index in [0.29, 0.717) is 34.8 Å². The topological polar surface area (TPSA) is 82.8 Å². The van der Waals surface area contributed by atoms with Crippen molar-refractivity contribution in [2.24, 2.45) is 23.5 Å². The molecule has 126 valence electrons. The number of nitrogens with two attached hydrogens (primary N) is 1. The summed E-state index contributed by atoms with van der Waals surface area (Å²) in [6, 6.07) is 3.44. The summed E-state index contributed by atoms with van der Waals surface area (Å²) in [5.74, 6) is 2.32. The number of methoxy groups -OCH3 is 3. The van der Waals surface area contributed by atoms with E-state index in [9.17, 15) is 4.79 Å². The lowest BCUT2D eigenvalue weighted by molar-refractivity contribution is -0.121. The van der Waals surface area contributed by atoms with Crippen molar-refractivity contribution in [2.75, 3.05) is 26.6 Å². The smallest absolute Gasteiger partial charge is 0.229 e. The maximum Gasteiger partial charge on any atom is 0.229 e. The lowest BCUT2D eigenvalue weighted by atomic mass is 9.84. The van der Waals surface area contributed by atoms with Gasteiger partial charge in [-0.15, -0.1) is 0 Å². The van der Waals surface area contributed by atoms with Gasteiger partial charge in [0.1, 0.15) is 0 Å². The number of rotatable bonds is 5. The molecule has 2 aliphatic carbocycles. The first kappa shape index (κ1) is 15.9. The van der Waals surface area contributed by atoms with Crippen LogP contribution in [0.5, 0.6) is 17.2 Å². The molecule has 2 bridgehead atoms. The van der Waals surface area contributed by atoms with Gasteiger partial charge >= 0.3 is 0 Å². The molecule has 3 rings (SSSR count). The first-order valence-electron chi connectivity index (χ1n) is 7.95. The van der Waals surface area contributed by atoms with E-state index >= 15 is 0 Å². The standard InChI is InChI=1S/C17H24N2O4/c1-21-12-7-11(8-13(22-2)16(12)23-3)19-17(20)14-9-4-5-10(6-9)15(14)18/h7-10,14-15H,4-6,18H2,1-3H3,(H,19,20). The first-order valence-corrected chi connectivity index (χ1v) is 7.95. The van der Waals surface area contributed by atoms with Crippen molar-refractivity contribution in [1.82, 2.24) is 0 Å². The monoisotopic (exact) mass is 320 g/mol. The zero-order valence-corrected chi connectivity index (χ0v) is 13.8. The van der Waals surface area contributed by atoms with E-state index in [0.717, 1.165) is 19.3 Å². The maximum atomic E-state index is 12.7. The van der Waals surface area contributed by atoms with E-state index in [1.54, 1.807) is 33.5 Å². The molecule has 4 atom stereocenters. The van der Waals surface area contributed by atoms with Gasteiger partial charge in [-0.1, -0.05) is 0 Å². The number of amides is 1. The maximum absolute atomic E-state index is 12.7. The van der Waals surface area contributed by atoms with Crippen LogP contribution >= 0.6 is 0 Å². The molecule has 0 spiro atoms. The molecule has 0 aliphatic heterocycles. The number of benzene rings is 1. The van der Waals surface area contributed by atoms with Crippen LogP contribution in [0.4, 0.5) is 5.69 Å². The van der Waals surface area contributed by atoms with Crippen LogP contribution in [0.1, 0.15) is 19.3 Å². The Balaban J connectivity index is 1.81. The fraction of sp³-hybridized carbons (Fsp3) is 0.588. The second kappa shape index (κ2) is 6.28. The number of anilines is 1. The molecule has 2 saturated carbocycles. The predicted molar refractivity (Wildman–Crippen MR) is 87.0 cm³/mol. The third-order valence-corrected chi connectivity index (χ3v) is 5.22. The number of hydrogen-bond acceptors (Lipinski definition) is 5. The summed E-state index contributed by atoms with van der Waals surface area (Å²) in [7, 11) is 4.65. The van der Waals surface area contributed by atoms with Crippen LogP contribution in [0.3, 0.4) is 0 Å². The largest absolute Gasteiger partial charge is 0.493 e. The van der Waals surface area contributed by atoms with E-state index in [-0.39, 0.29) is 17.9 Å². The summed E-state index contributed by atoms with van der Waals surface area (Å²) < 4.78 is 15.9. The number of carbonyl (C=O) groups is 1. The van der Waals surface area contributed by atoms with Crippen molar-refractivity contribution < 1.29 is 19.0 Å². The zero-order valence-electron chi connectivity index (χ0n) is 13.8. The van der Waals surface area contributed by atoms with E-state index in [1.807, 2.05) is 0 Å². The Morgan fingerprint density at radius 1 is 1.09 bits per heavy atom. The van der Waals surface area contributed by atoms with Crippen molar-refractivity contribution in [1.29, 1.82) is 0 Å². The lowest BCUT2D eigenvalue weighted by Gasteiger charge is -2.27. The van der Waals surface area contributed by atoms with Gasteiger partial charge in [0.2, 0.25) is 11.7 Å². The molecule has 2 aliphatic rings. The molecule has 6 nitrogen and oxygen atoms in total. The van der Waals surface area contributed by atoms with Gasteiger partial charge in [0.05, 0.1) is 27.2 Å². The quantitative estimate of drug-likeness (QED) is 0.867. The third kappa shape index (κ3) is 2.72. The summed E-state index contributed by atoms with van der Waals surface area (Å²) in [5, 5.41) is 2.97. The highest BCUT2D eigenvalue weighted by atomic mass is 16.5. The number of carbonyl (C=O) groups excluding carboxylic acids is 1. The molecule has 1 amide bonds. The van der Waals surface area contributed by atoms with Crippen molar-refractivity contribution >= 4 is 11.6 Å². The summed E-state index contributed by atoms with van der Waals surface area (Å²) in [6.45, 7) is 0. The fourth-order valence-electron chi connectivity index (χ4n) is 4.10. The highest BCUT2D eigenvalue weighted by Gasteiger charge is 2.49. The van der Waals surface area contributed by atoms with Crippen LogP contribution in [0.25, 0.3) is 0 Å². The van der Waals surface area contributed by atoms with Gasteiger partial charge in [0.25, 0.3) is 0 Å². The molecule has 0 aromatic heterocycles. The van der Waals surface area contributed by atoms with E-state index in [1.165, 1.54) is 0 Å². The van der Waals surface area contributed by atoms with Crippen LogP contribution < -0.4 is 25.3 Å². The number of hydrogen-bond donors (Lipinski definition) is 2. The van der Waals surface area contributed by atoms with Gasteiger partial charge < -0.3 is 25.3 Å². The van der Waals surface area contributed by atoms with E-state index in [4.69, 9.17) is 19.9 Å². The molecule has 2 fully saturated rings. The van der Waals surface area contributed by atoms with Crippen LogP contribution in [-0.4, -0.2) is 33.3 Å². The van der Waals surface area contributed by atoms with Crippen molar-refractivity contribution in [3.05, 3.63) is 12.1 Å². The number of nitrogens with one attached hydrogen (secondary N) is 1. The van der Waals surface area contributed by atoms with Crippen LogP contribution in [0.2, 0.25) is 0 Å². The normalized spacial score (nSPS) is 28.5. The van der Waals surface area contributed by atoms with Crippen LogP contribution in [-0.2, 0) is 4.79 Å². The Morgan fingerprint density at radius 3 is 2.17 bits per heavy atom. The van der Waals surface area contributed by atoms with E-state index in [2.05, 4.69) is 5.32 Å². The number of fused-ring (bicyclic) bond motifs is 2. The van der Waals surface area contributed by atoms with Crippen molar-refractivity contribution in [3.63, 3.8) is 0 Å². The Morgan fingerprint density at radius 2 is 1.70 bits per heavy atom. The summed E-state index contributed by atoms with van der Waals surface area (Å²) in [6.07, 6.45) is 3.33. The Bertz CT molecular complexity index is 577. The van der Waals surface area contributed by atoms with Crippen LogP contribution in [0.15, 0.2) is 12.1 Å². The Kier molecular flexibility index (Phi) is 4.35. The third-order valence-electron chi connectivity index (χ3n) is 5.22. The van der Waals surface area contributed by atoms with Gasteiger partial charge in [-0.25, -0.2) is 0 Å². The zero-order chi connectivity index (χ0) is 16.6. The molecule has 0 heterocycles. The first-order chi connectivity index (χ1) is 11.1. The molecule has 3 N–H and O–H groups in total. The minimum Gasteiger partial charge on any atom is -0.493 e. The van der Waals surface area contributed by atoms with Gasteiger partial charge in [-0.2, -0.15) is 0 Å². The SMILES string of the molecule is COc1cc(NC(=O)C2C3CCC(C3)C2N)cc(OC)c1OC. The molecule has 0 saturated heterocycles. The van der Waals surface area contributed by atoms with Crippen molar-refractivity contribution in [3.8, 4) is 17.2 Å². The van der Waals surface area contributed by atoms with Crippen LogP contribution in [0, 0.1) is 17.8 Å². The predicted octanol–water partition coefficient (Wildman–Crippen LogP) is 2.02.